The van der Waals surface area contributed by atoms with E-state index in [2.05, 4.69) is 15.3 Å². The number of benzene rings is 2. The van der Waals surface area contributed by atoms with Crippen LogP contribution in [0.2, 0.25) is 0 Å². The third-order valence-corrected chi connectivity index (χ3v) is 5.66. The van der Waals surface area contributed by atoms with E-state index in [0.717, 1.165) is 22.2 Å². The van der Waals surface area contributed by atoms with Gasteiger partial charge in [0.1, 0.15) is 34.5 Å². The SMILES string of the molecule is CCOc1cc(-c2cc(NCCn3c(C)cc4c(OC)cc(F)cc43)nc(C)n2)ccc1C(=O)O. The van der Waals surface area contributed by atoms with E-state index in [1.54, 1.807) is 26.0 Å². The Balaban J connectivity index is 1.56. The molecule has 0 unspecified atom stereocenters. The molecule has 35 heavy (non-hydrogen) atoms. The Morgan fingerprint density at radius 3 is 2.63 bits per heavy atom. The average Bonchev–Trinajstić information content (AvgIpc) is 3.13. The molecule has 0 amide bonds. The summed E-state index contributed by atoms with van der Waals surface area (Å²) in [5, 5.41) is 13.6. The van der Waals surface area contributed by atoms with Gasteiger partial charge >= 0.3 is 5.97 Å². The van der Waals surface area contributed by atoms with Gasteiger partial charge in [-0.2, -0.15) is 0 Å². The van der Waals surface area contributed by atoms with Crippen LogP contribution in [-0.2, 0) is 6.54 Å². The van der Waals surface area contributed by atoms with Crippen molar-refractivity contribution in [3.63, 3.8) is 0 Å². The summed E-state index contributed by atoms with van der Waals surface area (Å²) in [4.78, 5) is 20.5. The predicted octanol–water partition coefficient (Wildman–Crippen LogP) is 5.07. The maximum atomic E-state index is 14.1. The molecule has 0 fully saturated rings. The summed E-state index contributed by atoms with van der Waals surface area (Å²) in [6, 6.07) is 11.6. The zero-order valence-corrected chi connectivity index (χ0v) is 20.1. The van der Waals surface area contributed by atoms with Gasteiger partial charge in [0.25, 0.3) is 0 Å². The highest BCUT2D eigenvalue weighted by atomic mass is 19.1. The summed E-state index contributed by atoms with van der Waals surface area (Å²) in [6.07, 6.45) is 0. The number of halogens is 1. The molecule has 0 aliphatic rings. The summed E-state index contributed by atoms with van der Waals surface area (Å²) in [6.45, 7) is 7.05. The fraction of sp³-hybridized carbons (Fsp3) is 0.269. The number of aromatic carboxylic acids is 1. The topological polar surface area (TPSA) is 98.5 Å². The largest absolute Gasteiger partial charge is 0.496 e. The number of ether oxygens (including phenoxy) is 2. The normalized spacial score (nSPS) is 11.0. The van der Waals surface area contributed by atoms with Crippen molar-refractivity contribution in [1.29, 1.82) is 0 Å². The summed E-state index contributed by atoms with van der Waals surface area (Å²) < 4.78 is 27.0. The molecular weight excluding hydrogens is 451 g/mol. The number of anilines is 1. The minimum Gasteiger partial charge on any atom is -0.496 e. The van der Waals surface area contributed by atoms with Crippen LogP contribution in [0.3, 0.4) is 0 Å². The Morgan fingerprint density at radius 2 is 1.91 bits per heavy atom. The Kier molecular flexibility index (Phi) is 6.86. The van der Waals surface area contributed by atoms with Gasteiger partial charge in [-0.05, 0) is 45.0 Å². The van der Waals surface area contributed by atoms with E-state index in [4.69, 9.17) is 9.47 Å². The van der Waals surface area contributed by atoms with E-state index in [0.29, 0.717) is 48.5 Å². The number of carboxylic acid groups (broad SMARTS) is 1. The van der Waals surface area contributed by atoms with Crippen LogP contribution in [0.1, 0.15) is 28.8 Å². The lowest BCUT2D eigenvalue weighted by Gasteiger charge is -2.13. The van der Waals surface area contributed by atoms with Crippen molar-refractivity contribution in [2.75, 3.05) is 25.6 Å². The van der Waals surface area contributed by atoms with Crippen LogP contribution < -0.4 is 14.8 Å². The third-order valence-electron chi connectivity index (χ3n) is 5.66. The minimum atomic E-state index is -1.05. The van der Waals surface area contributed by atoms with Crippen molar-refractivity contribution in [3.05, 3.63) is 65.4 Å². The molecule has 0 aliphatic heterocycles. The van der Waals surface area contributed by atoms with Gasteiger partial charge in [0, 0.05) is 41.9 Å². The highest BCUT2D eigenvalue weighted by Gasteiger charge is 2.15. The van der Waals surface area contributed by atoms with Crippen molar-refractivity contribution < 1.29 is 23.8 Å². The van der Waals surface area contributed by atoms with E-state index < -0.39 is 5.97 Å². The quantitative estimate of drug-likeness (QED) is 0.346. The smallest absolute Gasteiger partial charge is 0.339 e. The lowest BCUT2D eigenvalue weighted by atomic mass is 10.1. The number of carboxylic acids is 1. The number of hydrogen-bond donors (Lipinski definition) is 2. The molecule has 0 saturated heterocycles. The molecule has 2 aromatic carbocycles. The molecule has 182 valence electrons. The minimum absolute atomic E-state index is 0.0992. The third kappa shape index (κ3) is 5.03. The van der Waals surface area contributed by atoms with E-state index in [1.165, 1.54) is 25.3 Å². The number of nitrogens with zero attached hydrogens (tertiary/aromatic N) is 3. The molecule has 0 radical (unpaired) electrons. The van der Waals surface area contributed by atoms with Crippen LogP contribution in [0.5, 0.6) is 11.5 Å². The molecule has 8 nitrogen and oxygen atoms in total. The van der Waals surface area contributed by atoms with Crippen LogP contribution in [-0.4, -0.2) is 45.9 Å². The molecule has 2 aromatic heterocycles. The summed E-state index contributed by atoms with van der Waals surface area (Å²) in [5.74, 6) is 0.599. The van der Waals surface area contributed by atoms with Gasteiger partial charge in [0.2, 0.25) is 0 Å². The summed E-state index contributed by atoms with van der Waals surface area (Å²) in [7, 11) is 1.53. The molecule has 9 heteroatoms. The van der Waals surface area contributed by atoms with Crippen LogP contribution in [0, 0.1) is 19.7 Å². The second-order valence-corrected chi connectivity index (χ2v) is 8.04. The Bertz CT molecular complexity index is 1400. The Morgan fingerprint density at radius 1 is 1.11 bits per heavy atom. The molecular formula is C26H27FN4O4. The molecule has 0 spiro atoms. The first-order valence-electron chi connectivity index (χ1n) is 11.2. The molecule has 0 saturated carbocycles. The molecule has 2 heterocycles. The van der Waals surface area contributed by atoms with E-state index >= 15 is 0 Å². The summed E-state index contributed by atoms with van der Waals surface area (Å²) >= 11 is 0. The number of carbonyl (C=O) groups is 1. The zero-order valence-electron chi connectivity index (χ0n) is 20.1. The van der Waals surface area contributed by atoms with Crippen LogP contribution in [0.25, 0.3) is 22.2 Å². The molecule has 2 N–H and O–H groups in total. The van der Waals surface area contributed by atoms with E-state index in [1.807, 2.05) is 23.6 Å². The second kappa shape index (κ2) is 10.0. The first-order valence-corrected chi connectivity index (χ1v) is 11.2. The van der Waals surface area contributed by atoms with Gasteiger partial charge < -0.3 is 24.5 Å². The zero-order chi connectivity index (χ0) is 25.1. The van der Waals surface area contributed by atoms with Crippen molar-refractivity contribution in [2.24, 2.45) is 0 Å². The summed E-state index contributed by atoms with van der Waals surface area (Å²) in [5.41, 5.74) is 3.23. The predicted molar refractivity (Wildman–Crippen MR) is 132 cm³/mol. The fourth-order valence-electron chi connectivity index (χ4n) is 4.13. The molecule has 4 rings (SSSR count). The van der Waals surface area contributed by atoms with Crippen LogP contribution in [0.15, 0.2) is 42.5 Å². The molecule has 0 aliphatic carbocycles. The lowest BCUT2D eigenvalue weighted by molar-refractivity contribution is 0.0692. The van der Waals surface area contributed by atoms with Crippen molar-refractivity contribution >= 4 is 22.7 Å². The monoisotopic (exact) mass is 478 g/mol. The number of rotatable bonds is 9. The van der Waals surface area contributed by atoms with E-state index in [9.17, 15) is 14.3 Å². The van der Waals surface area contributed by atoms with Crippen molar-refractivity contribution in [2.45, 2.75) is 27.3 Å². The van der Waals surface area contributed by atoms with Gasteiger partial charge in [-0.15, -0.1) is 0 Å². The molecule has 0 atom stereocenters. The van der Waals surface area contributed by atoms with Crippen LogP contribution in [0.4, 0.5) is 10.2 Å². The number of nitrogens with one attached hydrogen (secondary N) is 1. The molecule has 0 bridgehead atoms. The van der Waals surface area contributed by atoms with Gasteiger partial charge in [0.05, 0.1) is 24.9 Å². The standard InChI is InChI=1S/C26H27FN4O4/c1-5-35-24-11-17(6-7-19(24)26(32)33)21-14-25(30-16(3)29-21)28-8-9-31-15(2)10-20-22(31)12-18(27)13-23(20)34-4/h6-7,10-14H,5,8-9H2,1-4H3,(H,32,33)(H,28,29,30). The van der Waals surface area contributed by atoms with E-state index in [-0.39, 0.29) is 11.4 Å². The number of aromatic nitrogens is 3. The maximum absolute atomic E-state index is 14.1. The lowest BCUT2D eigenvalue weighted by Crippen LogP contribution is -2.13. The molecule has 4 aromatic rings. The van der Waals surface area contributed by atoms with Crippen molar-refractivity contribution in [1.82, 2.24) is 14.5 Å². The van der Waals surface area contributed by atoms with Gasteiger partial charge in [-0.25, -0.2) is 19.2 Å². The highest BCUT2D eigenvalue weighted by Crippen LogP contribution is 2.30. The van der Waals surface area contributed by atoms with Crippen LogP contribution >= 0.6 is 0 Å². The average molecular weight is 479 g/mol. The Labute approximate surface area is 202 Å². The number of aryl methyl sites for hydroxylation is 2. The number of hydrogen-bond acceptors (Lipinski definition) is 6. The first kappa shape index (κ1) is 24.0. The van der Waals surface area contributed by atoms with Gasteiger partial charge in [-0.3, -0.25) is 0 Å². The number of methoxy groups -OCH3 is 1. The van der Waals surface area contributed by atoms with Crippen molar-refractivity contribution in [3.8, 4) is 22.8 Å². The maximum Gasteiger partial charge on any atom is 0.339 e. The second-order valence-electron chi connectivity index (χ2n) is 8.04. The highest BCUT2D eigenvalue weighted by molar-refractivity contribution is 5.92. The van der Waals surface area contributed by atoms with Gasteiger partial charge in [0.15, 0.2) is 0 Å². The fourth-order valence-corrected chi connectivity index (χ4v) is 4.13. The number of fused-ring (bicyclic) bond motifs is 1. The Hall–Kier alpha value is -4.14. The first-order chi connectivity index (χ1) is 16.8. The van der Waals surface area contributed by atoms with Gasteiger partial charge in [-0.1, -0.05) is 6.07 Å².